The highest BCUT2D eigenvalue weighted by Gasteiger charge is 2.28. The van der Waals surface area contributed by atoms with Crippen LogP contribution in [0.2, 0.25) is 0 Å². The van der Waals surface area contributed by atoms with Crippen molar-refractivity contribution in [3.05, 3.63) is 29.8 Å². The molecule has 0 heterocycles. The Morgan fingerprint density at radius 2 is 1.95 bits per heavy atom. The number of nitrogens with one attached hydrogen (secondary N) is 1. The standard InChI is InChI=1S/C18H28N2O/c1-2-13-6-8-14(9-7-13)18(20-19)15-4-3-5-17(12-15)21-16-10-11-16/h3-5,12-14,16,18,20H,2,6-11,19H2,1H3. The normalized spacial score (nSPS) is 27.3. The number of nitrogens with two attached hydrogens (primary N) is 1. The number of hydrogen-bond donors (Lipinski definition) is 2. The molecule has 21 heavy (non-hydrogen) atoms. The van der Waals surface area contributed by atoms with Crippen LogP contribution in [0, 0.1) is 11.8 Å². The summed E-state index contributed by atoms with van der Waals surface area (Å²) in [6.45, 7) is 2.31. The highest BCUT2D eigenvalue weighted by Crippen LogP contribution is 2.38. The van der Waals surface area contributed by atoms with Crippen LogP contribution in [0.5, 0.6) is 5.75 Å². The summed E-state index contributed by atoms with van der Waals surface area (Å²) < 4.78 is 5.91. The summed E-state index contributed by atoms with van der Waals surface area (Å²) in [7, 11) is 0. The van der Waals surface area contributed by atoms with E-state index >= 15 is 0 Å². The van der Waals surface area contributed by atoms with E-state index in [9.17, 15) is 0 Å². The topological polar surface area (TPSA) is 47.3 Å². The van der Waals surface area contributed by atoms with Crippen LogP contribution < -0.4 is 16.0 Å². The quantitative estimate of drug-likeness (QED) is 0.615. The molecule has 2 aliphatic rings. The van der Waals surface area contributed by atoms with Crippen LogP contribution in [-0.2, 0) is 0 Å². The van der Waals surface area contributed by atoms with Crippen molar-refractivity contribution in [2.24, 2.45) is 17.7 Å². The largest absolute Gasteiger partial charge is 0.490 e. The van der Waals surface area contributed by atoms with E-state index in [0.29, 0.717) is 12.0 Å². The van der Waals surface area contributed by atoms with Gasteiger partial charge in [0.25, 0.3) is 0 Å². The zero-order chi connectivity index (χ0) is 14.7. The first-order valence-corrected chi connectivity index (χ1v) is 8.53. The Morgan fingerprint density at radius 3 is 2.57 bits per heavy atom. The minimum Gasteiger partial charge on any atom is -0.490 e. The van der Waals surface area contributed by atoms with Gasteiger partial charge in [0, 0.05) is 6.04 Å². The zero-order valence-electron chi connectivity index (χ0n) is 13.1. The zero-order valence-corrected chi connectivity index (χ0v) is 13.1. The molecule has 1 unspecified atom stereocenters. The Kier molecular flexibility index (Phi) is 4.81. The maximum Gasteiger partial charge on any atom is 0.120 e. The number of benzene rings is 1. The van der Waals surface area contributed by atoms with E-state index in [4.69, 9.17) is 10.6 Å². The van der Waals surface area contributed by atoms with Gasteiger partial charge in [0.15, 0.2) is 0 Å². The van der Waals surface area contributed by atoms with Gasteiger partial charge in [0.05, 0.1) is 6.10 Å². The molecule has 1 aromatic carbocycles. The Bertz CT molecular complexity index is 450. The lowest BCUT2D eigenvalue weighted by molar-refractivity contribution is 0.219. The molecule has 0 spiro atoms. The molecule has 0 amide bonds. The average molecular weight is 288 g/mol. The van der Waals surface area contributed by atoms with E-state index in [2.05, 4.69) is 36.6 Å². The van der Waals surface area contributed by atoms with Crippen LogP contribution in [0.4, 0.5) is 0 Å². The van der Waals surface area contributed by atoms with Crippen molar-refractivity contribution in [1.82, 2.24) is 5.43 Å². The van der Waals surface area contributed by atoms with Gasteiger partial charge in [0.2, 0.25) is 0 Å². The van der Waals surface area contributed by atoms with Crippen LogP contribution in [0.25, 0.3) is 0 Å². The molecule has 0 aromatic heterocycles. The Balaban J connectivity index is 1.67. The molecule has 3 rings (SSSR count). The van der Waals surface area contributed by atoms with Gasteiger partial charge in [-0.3, -0.25) is 11.3 Å². The fourth-order valence-electron chi connectivity index (χ4n) is 3.59. The third kappa shape index (κ3) is 3.78. The molecule has 0 bridgehead atoms. The maximum absolute atomic E-state index is 5.91. The van der Waals surface area contributed by atoms with E-state index in [-0.39, 0.29) is 6.04 Å². The van der Waals surface area contributed by atoms with E-state index in [1.165, 1.54) is 50.5 Å². The summed E-state index contributed by atoms with van der Waals surface area (Å²) in [6, 6.07) is 8.76. The summed E-state index contributed by atoms with van der Waals surface area (Å²) >= 11 is 0. The number of ether oxygens (including phenoxy) is 1. The molecule has 1 atom stereocenters. The molecule has 116 valence electrons. The number of hydrogen-bond acceptors (Lipinski definition) is 3. The molecule has 0 aliphatic heterocycles. The predicted molar refractivity (Wildman–Crippen MR) is 85.9 cm³/mol. The lowest BCUT2D eigenvalue weighted by atomic mass is 9.76. The molecule has 0 saturated heterocycles. The first-order chi connectivity index (χ1) is 10.3. The molecule has 2 fully saturated rings. The second-order valence-electron chi connectivity index (χ2n) is 6.72. The fraction of sp³-hybridized carbons (Fsp3) is 0.667. The van der Waals surface area contributed by atoms with E-state index in [0.717, 1.165) is 11.7 Å². The summed E-state index contributed by atoms with van der Waals surface area (Å²) in [5.74, 6) is 8.44. The lowest BCUT2D eigenvalue weighted by Crippen LogP contribution is -2.35. The summed E-state index contributed by atoms with van der Waals surface area (Å²) in [6.07, 6.45) is 9.41. The second kappa shape index (κ2) is 6.80. The van der Waals surface area contributed by atoms with Crippen LogP contribution in [0.1, 0.15) is 63.5 Å². The summed E-state index contributed by atoms with van der Waals surface area (Å²) in [5.41, 5.74) is 4.34. The molecular formula is C18H28N2O. The summed E-state index contributed by atoms with van der Waals surface area (Å²) in [5, 5.41) is 0. The SMILES string of the molecule is CCC1CCC(C(NN)c2cccc(OC3CC3)c2)CC1. The van der Waals surface area contributed by atoms with Crippen molar-refractivity contribution in [1.29, 1.82) is 0 Å². The monoisotopic (exact) mass is 288 g/mol. The van der Waals surface area contributed by atoms with Crippen molar-refractivity contribution in [2.45, 2.75) is 64.0 Å². The van der Waals surface area contributed by atoms with Crippen molar-refractivity contribution in [2.75, 3.05) is 0 Å². The fourth-order valence-corrected chi connectivity index (χ4v) is 3.59. The maximum atomic E-state index is 5.91. The van der Waals surface area contributed by atoms with E-state index in [1.54, 1.807) is 0 Å². The van der Waals surface area contributed by atoms with Crippen LogP contribution in [0.3, 0.4) is 0 Å². The van der Waals surface area contributed by atoms with Gasteiger partial charge in [-0.05, 0) is 55.2 Å². The Labute approximate surface area is 128 Å². The van der Waals surface area contributed by atoms with Gasteiger partial charge >= 0.3 is 0 Å². The first kappa shape index (κ1) is 14.9. The molecule has 3 N–H and O–H groups in total. The minimum atomic E-state index is 0.255. The smallest absolute Gasteiger partial charge is 0.120 e. The van der Waals surface area contributed by atoms with Crippen molar-refractivity contribution < 1.29 is 4.74 Å². The van der Waals surface area contributed by atoms with Crippen LogP contribution in [-0.4, -0.2) is 6.10 Å². The van der Waals surface area contributed by atoms with E-state index in [1.807, 2.05) is 0 Å². The van der Waals surface area contributed by atoms with Crippen molar-refractivity contribution >= 4 is 0 Å². The van der Waals surface area contributed by atoms with Gasteiger partial charge in [0.1, 0.15) is 5.75 Å². The van der Waals surface area contributed by atoms with Crippen LogP contribution >= 0.6 is 0 Å². The number of rotatable bonds is 6. The predicted octanol–water partition coefficient (Wildman–Crippen LogP) is 3.95. The van der Waals surface area contributed by atoms with Crippen molar-refractivity contribution in [3.63, 3.8) is 0 Å². The highest BCUT2D eigenvalue weighted by atomic mass is 16.5. The van der Waals surface area contributed by atoms with Gasteiger partial charge in [-0.25, -0.2) is 0 Å². The minimum absolute atomic E-state index is 0.255. The molecular weight excluding hydrogens is 260 g/mol. The third-order valence-electron chi connectivity index (χ3n) is 5.16. The van der Waals surface area contributed by atoms with Gasteiger partial charge < -0.3 is 4.74 Å². The lowest BCUT2D eigenvalue weighted by Gasteiger charge is -2.33. The molecule has 2 saturated carbocycles. The third-order valence-corrected chi connectivity index (χ3v) is 5.16. The Hall–Kier alpha value is -1.06. The van der Waals surface area contributed by atoms with Gasteiger partial charge in [-0.1, -0.05) is 38.3 Å². The molecule has 3 nitrogen and oxygen atoms in total. The highest BCUT2D eigenvalue weighted by molar-refractivity contribution is 5.31. The van der Waals surface area contributed by atoms with Crippen LogP contribution in [0.15, 0.2) is 24.3 Å². The molecule has 3 heteroatoms. The second-order valence-corrected chi connectivity index (χ2v) is 6.72. The Morgan fingerprint density at radius 1 is 1.19 bits per heavy atom. The average Bonchev–Trinajstić information content (AvgIpc) is 3.33. The first-order valence-electron chi connectivity index (χ1n) is 8.53. The number of hydrazine groups is 1. The molecule has 1 aromatic rings. The van der Waals surface area contributed by atoms with Crippen molar-refractivity contribution in [3.8, 4) is 5.75 Å². The van der Waals surface area contributed by atoms with E-state index < -0.39 is 0 Å². The van der Waals surface area contributed by atoms with Gasteiger partial charge in [-0.2, -0.15) is 0 Å². The molecule has 0 radical (unpaired) electrons. The summed E-state index contributed by atoms with van der Waals surface area (Å²) in [4.78, 5) is 0. The van der Waals surface area contributed by atoms with Gasteiger partial charge in [-0.15, -0.1) is 0 Å². The molecule has 2 aliphatic carbocycles.